The van der Waals surface area contributed by atoms with Crippen LogP contribution in [0.4, 0.5) is 13.2 Å². The smallest absolute Gasteiger partial charge is 0.346 e. The lowest BCUT2D eigenvalue weighted by Crippen LogP contribution is -2.25. The van der Waals surface area contributed by atoms with E-state index in [1.807, 2.05) is 6.92 Å². The van der Waals surface area contributed by atoms with Crippen LogP contribution in [0.25, 0.3) is 11.1 Å². The molecule has 1 heterocycles. The number of rotatable bonds is 8. The number of carbonyl (C=O) groups excluding carboxylic acids is 1. The lowest BCUT2D eigenvalue weighted by molar-refractivity contribution is 0.0724. The summed E-state index contributed by atoms with van der Waals surface area (Å²) in [5.41, 5.74) is 1.39. The van der Waals surface area contributed by atoms with Crippen molar-refractivity contribution < 1.29 is 32.5 Å². The van der Waals surface area contributed by atoms with Gasteiger partial charge in [0.05, 0.1) is 18.3 Å². The Kier molecular flexibility index (Phi) is 7.86. The first-order valence-electron chi connectivity index (χ1n) is 13.2. The molecule has 2 fully saturated rings. The molecule has 3 aromatic carbocycles. The van der Waals surface area contributed by atoms with Crippen LogP contribution in [-0.2, 0) is 4.74 Å². The largest absolute Gasteiger partial charge is 0.423 e. The second-order valence-corrected chi connectivity index (χ2v) is 10.3. The SMILES string of the molecule is CCCC(O)C1CCC(c2ccc(-c3ccc(OC(=O)c4ccc(C5CO5)cc4F)cc3)c(F)c2F)CC1. The number of esters is 1. The Labute approximate surface area is 220 Å². The van der Waals surface area contributed by atoms with Crippen molar-refractivity contribution in [2.45, 2.75) is 63.6 Å². The first kappa shape index (κ1) is 26.4. The van der Waals surface area contributed by atoms with Gasteiger partial charge in [-0.25, -0.2) is 18.0 Å². The van der Waals surface area contributed by atoms with Crippen LogP contribution in [0.3, 0.4) is 0 Å². The van der Waals surface area contributed by atoms with Crippen LogP contribution in [0, 0.1) is 23.4 Å². The number of ether oxygens (including phenoxy) is 2. The minimum atomic E-state index is -0.915. The number of hydrogen-bond donors (Lipinski definition) is 1. The zero-order chi connectivity index (χ0) is 26.8. The number of hydrogen-bond acceptors (Lipinski definition) is 4. The Morgan fingerprint density at radius 3 is 2.34 bits per heavy atom. The van der Waals surface area contributed by atoms with Gasteiger partial charge in [0.25, 0.3) is 0 Å². The minimum absolute atomic E-state index is 0.0725. The quantitative estimate of drug-likeness (QED) is 0.188. The monoisotopic (exact) mass is 524 g/mol. The lowest BCUT2D eigenvalue weighted by atomic mass is 9.75. The van der Waals surface area contributed by atoms with Gasteiger partial charge in [0, 0.05) is 5.56 Å². The highest BCUT2D eigenvalue weighted by atomic mass is 19.2. The molecule has 0 radical (unpaired) electrons. The molecule has 0 bridgehead atoms. The molecule has 4 nitrogen and oxygen atoms in total. The normalized spacial score (nSPS) is 21.7. The fourth-order valence-electron chi connectivity index (χ4n) is 5.45. The summed E-state index contributed by atoms with van der Waals surface area (Å²) in [4.78, 5) is 12.4. The van der Waals surface area contributed by atoms with Gasteiger partial charge in [-0.1, -0.05) is 43.7 Å². The van der Waals surface area contributed by atoms with E-state index < -0.39 is 23.4 Å². The molecule has 0 amide bonds. The molecule has 2 aliphatic rings. The Morgan fingerprint density at radius 1 is 1.00 bits per heavy atom. The summed E-state index contributed by atoms with van der Waals surface area (Å²) < 4.78 is 55.0. The zero-order valence-corrected chi connectivity index (χ0v) is 21.3. The van der Waals surface area contributed by atoms with Gasteiger partial charge in [0.2, 0.25) is 0 Å². The second kappa shape index (κ2) is 11.3. The maximum absolute atomic E-state index is 15.1. The molecule has 2 atom stereocenters. The molecule has 2 unspecified atom stereocenters. The van der Waals surface area contributed by atoms with Gasteiger partial charge in [-0.15, -0.1) is 0 Å². The van der Waals surface area contributed by atoms with Crippen molar-refractivity contribution in [2.24, 2.45) is 5.92 Å². The van der Waals surface area contributed by atoms with Crippen LogP contribution in [0.15, 0.2) is 54.6 Å². The van der Waals surface area contributed by atoms with Crippen LogP contribution >= 0.6 is 0 Å². The van der Waals surface area contributed by atoms with Crippen LogP contribution < -0.4 is 4.74 Å². The average Bonchev–Trinajstić information content (AvgIpc) is 3.77. The fourth-order valence-corrected chi connectivity index (χ4v) is 5.45. The second-order valence-electron chi connectivity index (χ2n) is 10.3. The predicted molar refractivity (Wildman–Crippen MR) is 137 cm³/mol. The molecule has 7 heteroatoms. The van der Waals surface area contributed by atoms with Crippen molar-refractivity contribution in [1.29, 1.82) is 0 Å². The van der Waals surface area contributed by atoms with Crippen molar-refractivity contribution in [2.75, 3.05) is 6.61 Å². The third-order valence-electron chi connectivity index (χ3n) is 7.75. The standard InChI is InChI=1S/C31H31F3O4/c1-2-3-27(35)20-6-4-18(5-7-20)23-14-15-24(30(34)29(23)33)19-8-11-22(12-9-19)38-31(36)25-13-10-21(16-26(25)32)28-17-37-28/h8-16,18,20,27-28,35H,2-7,17H2,1H3. The summed E-state index contributed by atoms with van der Waals surface area (Å²) in [5, 5.41) is 10.3. The number of carbonyl (C=O) groups is 1. The number of halogens is 3. The molecule has 5 rings (SSSR count). The molecule has 0 aromatic heterocycles. The summed E-state index contributed by atoms with van der Waals surface area (Å²) in [5.74, 6) is -2.99. The first-order chi connectivity index (χ1) is 18.4. The van der Waals surface area contributed by atoms with Gasteiger partial charge in [0.15, 0.2) is 11.6 Å². The molecule has 38 heavy (non-hydrogen) atoms. The highest BCUT2D eigenvalue weighted by Gasteiger charge is 2.30. The molecular formula is C31H31F3O4. The topological polar surface area (TPSA) is 59.1 Å². The molecule has 1 saturated heterocycles. The Morgan fingerprint density at radius 2 is 1.71 bits per heavy atom. The number of aliphatic hydroxyl groups excluding tert-OH is 1. The van der Waals surface area contributed by atoms with Gasteiger partial charge in [0.1, 0.15) is 17.7 Å². The van der Waals surface area contributed by atoms with Crippen LogP contribution in [0.5, 0.6) is 5.75 Å². The van der Waals surface area contributed by atoms with Crippen LogP contribution in [0.1, 0.15) is 79.0 Å². The Bertz CT molecular complexity index is 1300. The Balaban J connectivity index is 1.25. The highest BCUT2D eigenvalue weighted by molar-refractivity contribution is 5.91. The van der Waals surface area contributed by atoms with Crippen molar-refractivity contribution in [3.05, 3.63) is 88.7 Å². The number of benzene rings is 3. The van der Waals surface area contributed by atoms with E-state index >= 15 is 8.78 Å². The van der Waals surface area contributed by atoms with Gasteiger partial charge < -0.3 is 14.6 Å². The van der Waals surface area contributed by atoms with Crippen molar-refractivity contribution in [3.63, 3.8) is 0 Å². The molecule has 1 N–H and O–H groups in total. The summed E-state index contributed by atoms with van der Waals surface area (Å²) in [6.45, 7) is 2.58. The lowest BCUT2D eigenvalue weighted by Gasteiger charge is -2.32. The number of epoxide rings is 1. The van der Waals surface area contributed by atoms with Gasteiger partial charge in [-0.3, -0.25) is 0 Å². The van der Waals surface area contributed by atoms with E-state index in [1.165, 1.54) is 36.4 Å². The fraction of sp³-hybridized carbons (Fsp3) is 0.387. The van der Waals surface area contributed by atoms with Crippen molar-refractivity contribution in [1.82, 2.24) is 0 Å². The van der Waals surface area contributed by atoms with Crippen molar-refractivity contribution >= 4 is 5.97 Å². The summed E-state index contributed by atoms with van der Waals surface area (Å²) >= 11 is 0. The third kappa shape index (κ3) is 5.64. The van der Waals surface area contributed by atoms with E-state index in [0.29, 0.717) is 23.3 Å². The number of aliphatic hydroxyl groups is 1. The third-order valence-corrected chi connectivity index (χ3v) is 7.75. The van der Waals surface area contributed by atoms with Gasteiger partial charge in [-0.05, 0) is 84.9 Å². The van der Waals surface area contributed by atoms with E-state index in [9.17, 15) is 14.3 Å². The highest BCUT2D eigenvalue weighted by Crippen LogP contribution is 2.40. The predicted octanol–water partition coefficient (Wildman–Crippen LogP) is 7.50. The van der Waals surface area contributed by atoms with E-state index in [-0.39, 0.29) is 40.9 Å². The van der Waals surface area contributed by atoms with E-state index in [1.54, 1.807) is 18.2 Å². The van der Waals surface area contributed by atoms with E-state index in [2.05, 4.69) is 0 Å². The minimum Gasteiger partial charge on any atom is -0.423 e. The van der Waals surface area contributed by atoms with Crippen LogP contribution in [0.2, 0.25) is 0 Å². The molecule has 0 spiro atoms. The van der Waals surface area contributed by atoms with E-state index in [4.69, 9.17) is 9.47 Å². The molecule has 1 aliphatic carbocycles. The molecule has 1 saturated carbocycles. The zero-order valence-electron chi connectivity index (χ0n) is 21.3. The average molecular weight is 525 g/mol. The van der Waals surface area contributed by atoms with Gasteiger partial charge in [-0.2, -0.15) is 0 Å². The van der Waals surface area contributed by atoms with Crippen LogP contribution in [-0.4, -0.2) is 23.8 Å². The molecular weight excluding hydrogens is 493 g/mol. The molecule has 3 aromatic rings. The Hall–Kier alpha value is -3.16. The molecule has 200 valence electrons. The summed E-state index contributed by atoms with van der Waals surface area (Å²) in [6.07, 6.45) is 4.29. The maximum Gasteiger partial charge on any atom is 0.346 e. The van der Waals surface area contributed by atoms with Gasteiger partial charge >= 0.3 is 5.97 Å². The maximum atomic E-state index is 15.1. The summed E-state index contributed by atoms with van der Waals surface area (Å²) in [6, 6.07) is 13.5. The van der Waals surface area contributed by atoms with Crippen molar-refractivity contribution in [3.8, 4) is 16.9 Å². The first-order valence-corrected chi connectivity index (χ1v) is 13.2. The summed E-state index contributed by atoms with van der Waals surface area (Å²) in [7, 11) is 0. The molecule has 1 aliphatic heterocycles. The van der Waals surface area contributed by atoms with E-state index in [0.717, 1.165) is 38.5 Å².